The van der Waals surface area contributed by atoms with Crippen molar-refractivity contribution in [1.29, 1.82) is 0 Å². The average molecular weight is 486 g/mol. The van der Waals surface area contributed by atoms with Gasteiger partial charge in [-0.1, -0.05) is 30.0 Å². The van der Waals surface area contributed by atoms with Gasteiger partial charge in [0.15, 0.2) is 5.58 Å². The van der Waals surface area contributed by atoms with Crippen LogP contribution in [0.3, 0.4) is 0 Å². The van der Waals surface area contributed by atoms with Crippen LogP contribution in [0.4, 0.5) is 0 Å². The molecule has 0 radical (unpaired) electrons. The molecular formula is C22H23N5O4S2. The number of para-hydroxylation sites is 1. The SMILES string of the molecule is CN(Cc1cnn(-c2ccccc2)c1)C(=O)CSc1nc2cc(S(=O)(=O)N(C)C)ccc2o1. The van der Waals surface area contributed by atoms with Crippen LogP contribution in [0.2, 0.25) is 0 Å². The van der Waals surface area contributed by atoms with Crippen LogP contribution in [0.25, 0.3) is 16.8 Å². The van der Waals surface area contributed by atoms with E-state index in [1.54, 1.807) is 28.9 Å². The van der Waals surface area contributed by atoms with Crippen LogP contribution < -0.4 is 0 Å². The van der Waals surface area contributed by atoms with Gasteiger partial charge in [0.1, 0.15) is 5.52 Å². The minimum atomic E-state index is -3.56. The lowest BCUT2D eigenvalue weighted by Crippen LogP contribution is -2.27. The normalized spacial score (nSPS) is 11.9. The zero-order chi connectivity index (χ0) is 23.6. The van der Waals surface area contributed by atoms with Gasteiger partial charge in [0.25, 0.3) is 5.22 Å². The van der Waals surface area contributed by atoms with E-state index in [1.165, 1.54) is 38.0 Å². The highest BCUT2D eigenvalue weighted by molar-refractivity contribution is 7.99. The number of amides is 1. The number of benzene rings is 2. The summed E-state index contributed by atoms with van der Waals surface area (Å²) in [4.78, 5) is 18.7. The first-order valence-corrected chi connectivity index (χ1v) is 12.5. The second-order valence-corrected chi connectivity index (χ2v) is 10.6. The van der Waals surface area contributed by atoms with Gasteiger partial charge < -0.3 is 9.32 Å². The number of fused-ring (bicyclic) bond motifs is 1. The standard InChI is InChI=1S/C22H23N5O4S2/c1-25(2)33(29,30)18-9-10-20-19(11-18)24-22(31-20)32-15-21(28)26(3)13-16-12-23-27(14-16)17-7-5-4-6-8-17/h4-12,14H,13,15H2,1-3H3. The van der Waals surface area contributed by atoms with Crippen molar-refractivity contribution in [3.63, 3.8) is 0 Å². The molecule has 172 valence electrons. The molecule has 0 unspecified atom stereocenters. The van der Waals surface area contributed by atoms with Crippen LogP contribution in [0.5, 0.6) is 0 Å². The molecule has 4 rings (SSSR count). The molecule has 11 heteroatoms. The summed E-state index contributed by atoms with van der Waals surface area (Å²) >= 11 is 1.17. The summed E-state index contributed by atoms with van der Waals surface area (Å²) < 4.78 is 33.2. The Labute approximate surface area is 196 Å². The molecule has 0 fully saturated rings. The largest absolute Gasteiger partial charge is 0.431 e. The number of hydrogen-bond acceptors (Lipinski definition) is 7. The molecule has 0 aliphatic heterocycles. The predicted molar refractivity (Wildman–Crippen MR) is 126 cm³/mol. The lowest BCUT2D eigenvalue weighted by molar-refractivity contribution is -0.127. The van der Waals surface area contributed by atoms with Gasteiger partial charge in [-0.05, 0) is 30.3 Å². The first kappa shape index (κ1) is 23.0. The number of nitrogens with zero attached hydrogens (tertiary/aromatic N) is 5. The molecular weight excluding hydrogens is 462 g/mol. The zero-order valence-electron chi connectivity index (χ0n) is 18.4. The second kappa shape index (κ2) is 9.38. The maximum absolute atomic E-state index is 12.6. The molecule has 33 heavy (non-hydrogen) atoms. The summed E-state index contributed by atoms with van der Waals surface area (Å²) in [5.74, 6) is 0.0459. The lowest BCUT2D eigenvalue weighted by Gasteiger charge is -2.15. The van der Waals surface area contributed by atoms with Crippen molar-refractivity contribution < 1.29 is 17.6 Å². The fourth-order valence-electron chi connectivity index (χ4n) is 3.08. The van der Waals surface area contributed by atoms with Gasteiger partial charge in [0.2, 0.25) is 15.9 Å². The summed E-state index contributed by atoms with van der Waals surface area (Å²) in [5, 5.41) is 4.66. The number of thioether (sulfide) groups is 1. The number of carbonyl (C=O) groups is 1. The Morgan fingerprint density at radius 3 is 2.61 bits per heavy atom. The Morgan fingerprint density at radius 2 is 1.88 bits per heavy atom. The number of aromatic nitrogens is 3. The Bertz CT molecular complexity index is 1380. The van der Waals surface area contributed by atoms with Gasteiger partial charge in [-0.25, -0.2) is 22.4 Å². The first-order valence-electron chi connectivity index (χ1n) is 10.0. The van der Waals surface area contributed by atoms with Crippen LogP contribution in [-0.4, -0.2) is 65.2 Å². The van der Waals surface area contributed by atoms with Crippen molar-refractivity contribution >= 4 is 38.8 Å². The van der Waals surface area contributed by atoms with Crippen LogP contribution in [0.1, 0.15) is 5.56 Å². The van der Waals surface area contributed by atoms with E-state index in [2.05, 4.69) is 10.1 Å². The number of carbonyl (C=O) groups excluding carboxylic acids is 1. The van der Waals surface area contributed by atoms with Crippen molar-refractivity contribution in [1.82, 2.24) is 24.0 Å². The Kier molecular flexibility index (Phi) is 6.54. The maximum atomic E-state index is 12.6. The lowest BCUT2D eigenvalue weighted by atomic mass is 10.3. The molecule has 0 bridgehead atoms. The van der Waals surface area contributed by atoms with E-state index in [1.807, 2.05) is 36.5 Å². The molecule has 2 aromatic carbocycles. The summed E-state index contributed by atoms with van der Waals surface area (Å²) in [6.07, 6.45) is 3.64. The van der Waals surface area contributed by atoms with Crippen molar-refractivity contribution in [2.75, 3.05) is 26.9 Å². The van der Waals surface area contributed by atoms with Crippen molar-refractivity contribution in [2.45, 2.75) is 16.7 Å². The summed E-state index contributed by atoms with van der Waals surface area (Å²) in [5.41, 5.74) is 2.75. The fourth-order valence-corrected chi connectivity index (χ4v) is 4.78. The topological polar surface area (TPSA) is 102 Å². The summed E-state index contributed by atoms with van der Waals surface area (Å²) in [6.45, 7) is 0.422. The molecule has 0 saturated carbocycles. The number of sulfonamides is 1. The van der Waals surface area contributed by atoms with E-state index < -0.39 is 10.0 Å². The van der Waals surface area contributed by atoms with E-state index in [-0.39, 0.29) is 16.6 Å². The maximum Gasteiger partial charge on any atom is 0.257 e. The Morgan fingerprint density at radius 1 is 1.12 bits per heavy atom. The third-order valence-corrected chi connectivity index (χ3v) is 7.56. The van der Waals surface area contributed by atoms with Gasteiger partial charge >= 0.3 is 0 Å². The third-order valence-electron chi connectivity index (χ3n) is 4.94. The minimum Gasteiger partial charge on any atom is -0.431 e. The quantitative estimate of drug-likeness (QED) is 0.354. The van der Waals surface area contributed by atoms with Gasteiger partial charge in [-0.2, -0.15) is 5.10 Å². The van der Waals surface area contributed by atoms with E-state index in [0.29, 0.717) is 22.9 Å². The molecule has 0 saturated heterocycles. The molecule has 2 heterocycles. The van der Waals surface area contributed by atoms with Crippen LogP contribution in [-0.2, 0) is 21.4 Å². The van der Waals surface area contributed by atoms with Gasteiger partial charge in [-0.15, -0.1) is 0 Å². The minimum absolute atomic E-state index is 0.0920. The number of hydrogen-bond donors (Lipinski definition) is 0. The highest BCUT2D eigenvalue weighted by Gasteiger charge is 2.19. The van der Waals surface area contributed by atoms with E-state index in [0.717, 1.165) is 15.6 Å². The molecule has 0 aliphatic rings. The van der Waals surface area contributed by atoms with Crippen LogP contribution >= 0.6 is 11.8 Å². The summed E-state index contributed by atoms with van der Waals surface area (Å²) in [7, 11) is 1.11. The number of rotatable bonds is 8. The number of oxazole rings is 1. The highest BCUT2D eigenvalue weighted by Crippen LogP contribution is 2.26. The van der Waals surface area contributed by atoms with Crippen molar-refractivity contribution in [2.24, 2.45) is 0 Å². The van der Waals surface area contributed by atoms with Gasteiger partial charge in [0, 0.05) is 39.4 Å². The monoisotopic (exact) mass is 485 g/mol. The zero-order valence-corrected chi connectivity index (χ0v) is 20.0. The van der Waals surface area contributed by atoms with Crippen LogP contribution in [0, 0.1) is 0 Å². The molecule has 2 aromatic heterocycles. The van der Waals surface area contributed by atoms with Gasteiger partial charge in [0.05, 0.1) is 22.5 Å². The second-order valence-electron chi connectivity index (χ2n) is 7.56. The van der Waals surface area contributed by atoms with Crippen LogP contribution in [0.15, 0.2) is 75.5 Å². The average Bonchev–Trinajstić information content (AvgIpc) is 3.44. The first-order chi connectivity index (χ1) is 15.7. The predicted octanol–water partition coefficient (Wildman–Crippen LogP) is 3.01. The third kappa shape index (κ3) is 5.10. The van der Waals surface area contributed by atoms with Crippen molar-refractivity contribution in [3.05, 3.63) is 66.5 Å². The van der Waals surface area contributed by atoms with Crippen molar-refractivity contribution in [3.8, 4) is 5.69 Å². The molecule has 4 aromatic rings. The molecule has 0 N–H and O–H groups in total. The summed E-state index contributed by atoms with van der Waals surface area (Å²) in [6, 6.07) is 14.3. The molecule has 0 atom stereocenters. The van der Waals surface area contributed by atoms with E-state index in [9.17, 15) is 13.2 Å². The fraction of sp³-hybridized carbons (Fsp3) is 0.227. The smallest absolute Gasteiger partial charge is 0.257 e. The van der Waals surface area contributed by atoms with Gasteiger partial charge in [-0.3, -0.25) is 4.79 Å². The van der Waals surface area contributed by atoms with E-state index >= 15 is 0 Å². The molecule has 0 aliphatic carbocycles. The van der Waals surface area contributed by atoms with E-state index in [4.69, 9.17) is 4.42 Å². The Balaban J connectivity index is 1.37. The molecule has 0 spiro atoms. The highest BCUT2D eigenvalue weighted by atomic mass is 32.2. The molecule has 9 nitrogen and oxygen atoms in total. The molecule has 1 amide bonds. The Hall–Kier alpha value is -3.15.